The molecular weight excluding hydrogens is 376 g/mol. The van der Waals surface area contributed by atoms with E-state index in [-0.39, 0.29) is 5.97 Å². The molecule has 0 aliphatic carbocycles. The SMILES string of the molecule is COC(=O)c1cccc(OCCSc2nnc(-c3ccc(C(C)C)cc3)o2)c1. The summed E-state index contributed by atoms with van der Waals surface area (Å²) in [4.78, 5) is 11.5. The molecule has 0 amide bonds. The Bertz CT molecular complexity index is 922. The number of hydrogen-bond donors (Lipinski definition) is 0. The van der Waals surface area contributed by atoms with Gasteiger partial charge in [0.1, 0.15) is 5.75 Å². The second-order valence-corrected chi connectivity index (χ2v) is 7.41. The number of methoxy groups -OCH3 is 1. The van der Waals surface area contributed by atoms with Gasteiger partial charge in [-0.05, 0) is 41.8 Å². The molecule has 0 aliphatic heterocycles. The Kier molecular flexibility index (Phi) is 6.71. The first-order chi connectivity index (χ1) is 13.6. The number of hydrogen-bond acceptors (Lipinski definition) is 7. The number of carbonyl (C=O) groups is 1. The number of carbonyl (C=O) groups excluding carboxylic acids is 1. The number of nitrogens with zero attached hydrogens (tertiary/aromatic N) is 2. The molecule has 7 heteroatoms. The Balaban J connectivity index is 1.50. The molecule has 146 valence electrons. The maximum atomic E-state index is 11.5. The van der Waals surface area contributed by atoms with Crippen molar-refractivity contribution in [1.29, 1.82) is 0 Å². The molecule has 1 aromatic heterocycles. The Morgan fingerprint density at radius 1 is 1.14 bits per heavy atom. The molecule has 6 nitrogen and oxygen atoms in total. The summed E-state index contributed by atoms with van der Waals surface area (Å²) in [7, 11) is 1.35. The Labute approximate surface area is 168 Å². The molecule has 0 radical (unpaired) electrons. The van der Waals surface area contributed by atoms with E-state index in [0.717, 1.165) is 5.56 Å². The summed E-state index contributed by atoms with van der Waals surface area (Å²) in [6, 6.07) is 15.0. The third-order valence-corrected chi connectivity index (χ3v) is 4.85. The highest BCUT2D eigenvalue weighted by Crippen LogP contribution is 2.25. The average molecular weight is 398 g/mol. The number of ether oxygens (including phenoxy) is 2. The summed E-state index contributed by atoms with van der Waals surface area (Å²) in [6.07, 6.45) is 0. The van der Waals surface area contributed by atoms with E-state index >= 15 is 0 Å². The van der Waals surface area contributed by atoms with Crippen LogP contribution in [0.3, 0.4) is 0 Å². The van der Waals surface area contributed by atoms with Crippen molar-refractivity contribution < 1.29 is 18.7 Å². The third kappa shape index (κ3) is 5.13. The van der Waals surface area contributed by atoms with E-state index < -0.39 is 0 Å². The first-order valence-corrected chi connectivity index (χ1v) is 9.93. The molecule has 3 rings (SSSR count). The van der Waals surface area contributed by atoms with Gasteiger partial charge >= 0.3 is 5.97 Å². The summed E-state index contributed by atoms with van der Waals surface area (Å²) >= 11 is 1.42. The third-order valence-electron chi connectivity index (χ3n) is 4.06. The van der Waals surface area contributed by atoms with Gasteiger partial charge in [-0.2, -0.15) is 0 Å². The monoisotopic (exact) mass is 398 g/mol. The van der Waals surface area contributed by atoms with Crippen LogP contribution in [0.4, 0.5) is 0 Å². The van der Waals surface area contributed by atoms with Crippen molar-refractivity contribution in [3.05, 3.63) is 59.7 Å². The molecule has 0 fully saturated rings. The first-order valence-electron chi connectivity index (χ1n) is 8.94. The van der Waals surface area contributed by atoms with Crippen LogP contribution < -0.4 is 4.74 Å². The Morgan fingerprint density at radius 2 is 1.93 bits per heavy atom. The number of benzene rings is 2. The number of esters is 1. The molecule has 0 saturated heterocycles. The van der Waals surface area contributed by atoms with Crippen molar-refractivity contribution >= 4 is 17.7 Å². The Morgan fingerprint density at radius 3 is 2.64 bits per heavy atom. The molecule has 2 aromatic carbocycles. The van der Waals surface area contributed by atoms with Crippen LogP contribution in [0, 0.1) is 0 Å². The lowest BCUT2D eigenvalue weighted by Crippen LogP contribution is -2.03. The van der Waals surface area contributed by atoms with Crippen LogP contribution in [0.15, 0.2) is 58.2 Å². The number of rotatable bonds is 8. The minimum Gasteiger partial charge on any atom is -0.493 e. The predicted molar refractivity (Wildman–Crippen MR) is 108 cm³/mol. The highest BCUT2D eigenvalue weighted by atomic mass is 32.2. The average Bonchev–Trinajstić information content (AvgIpc) is 3.20. The maximum absolute atomic E-state index is 11.5. The second kappa shape index (κ2) is 9.41. The minimum absolute atomic E-state index is 0.389. The fraction of sp³-hybridized carbons (Fsp3) is 0.286. The summed E-state index contributed by atoms with van der Waals surface area (Å²) < 4.78 is 16.1. The second-order valence-electron chi connectivity index (χ2n) is 6.37. The predicted octanol–water partition coefficient (Wildman–Crippen LogP) is 4.82. The van der Waals surface area contributed by atoms with Crippen molar-refractivity contribution in [2.75, 3.05) is 19.5 Å². The van der Waals surface area contributed by atoms with Gasteiger partial charge in [-0.3, -0.25) is 0 Å². The van der Waals surface area contributed by atoms with E-state index in [2.05, 4.69) is 36.2 Å². The van der Waals surface area contributed by atoms with E-state index in [1.54, 1.807) is 24.3 Å². The van der Waals surface area contributed by atoms with E-state index in [1.165, 1.54) is 24.4 Å². The lowest BCUT2D eigenvalue weighted by atomic mass is 10.0. The van der Waals surface area contributed by atoms with Gasteiger partial charge in [0, 0.05) is 11.3 Å². The molecule has 0 N–H and O–H groups in total. The van der Waals surface area contributed by atoms with Gasteiger partial charge in [0.25, 0.3) is 5.22 Å². The molecular formula is C21H22N2O4S. The molecule has 0 bridgehead atoms. The van der Waals surface area contributed by atoms with Gasteiger partial charge in [-0.1, -0.05) is 43.8 Å². The van der Waals surface area contributed by atoms with Crippen LogP contribution >= 0.6 is 11.8 Å². The maximum Gasteiger partial charge on any atom is 0.337 e. The smallest absolute Gasteiger partial charge is 0.337 e. The normalized spacial score (nSPS) is 10.9. The van der Waals surface area contributed by atoms with Crippen molar-refractivity contribution in [2.45, 2.75) is 25.0 Å². The van der Waals surface area contributed by atoms with Gasteiger partial charge in [-0.25, -0.2) is 4.79 Å². The number of aromatic nitrogens is 2. The summed E-state index contributed by atoms with van der Waals surface area (Å²) in [6.45, 7) is 4.75. The van der Waals surface area contributed by atoms with Crippen LogP contribution in [-0.2, 0) is 4.74 Å². The van der Waals surface area contributed by atoms with Crippen molar-refractivity contribution in [3.63, 3.8) is 0 Å². The molecule has 0 atom stereocenters. The quantitative estimate of drug-likeness (QED) is 0.306. The molecule has 0 aliphatic rings. The zero-order valence-corrected chi connectivity index (χ0v) is 16.9. The fourth-order valence-electron chi connectivity index (χ4n) is 2.51. The van der Waals surface area contributed by atoms with E-state index in [9.17, 15) is 4.79 Å². The standard InChI is InChI=1S/C21H22N2O4S/c1-14(2)15-7-9-16(10-8-15)19-22-23-21(27-19)28-12-11-26-18-6-4-5-17(13-18)20(24)25-3/h4-10,13-14H,11-12H2,1-3H3. The lowest BCUT2D eigenvalue weighted by Gasteiger charge is -2.06. The van der Waals surface area contributed by atoms with Crippen molar-refractivity contribution in [2.24, 2.45) is 0 Å². The van der Waals surface area contributed by atoms with Crippen LogP contribution in [0.1, 0.15) is 35.7 Å². The molecule has 1 heterocycles. The zero-order valence-electron chi connectivity index (χ0n) is 16.0. The largest absolute Gasteiger partial charge is 0.493 e. The van der Waals surface area contributed by atoms with Crippen LogP contribution in [0.25, 0.3) is 11.5 Å². The summed E-state index contributed by atoms with van der Waals surface area (Å²) in [5.74, 6) is 1.84. The van der Waals surface area contributed by atoms with E-state index in [4.69, 9.17) is 13.9 Å². The summed E-state index contributed by atoms with van der Waals surface area (Å²) in [5.41, 5.74) is 2.63. The number of thioether (sulfide) groups is 1. The van der Waals surface area contributed by atoms with Gasteiger partial charge in [-0.15, -0.1) is 10.2 Å². The highest BCUT2D eigenvalue weighted by molar-refractivity contribution is 7.99. The highest BCUT2D eigenvalue weighted by Gasteiger charge is 2.10. The lowest BCUT2D eigenvalue weighted by molar-refractivity contribution is 0.0600. The molecule has 0 unspecified atom stereocenters. The van der Waals surface area contributed by atoms with Crippen LogP contribution in [-0.4, -0.2) is 35.6 Å². The van der Waals surface area contributed by atoms with Gasteiger partial charge in [0.2, 0.25) is 5.89 Å². The minimum atomic E-state index is -0.389. The fourth-order valence-corrected chi connectivity index (χ4v) is 3.09. The van der Waals surface area contributed by atoms with Gasteiger partial charge in [0.05, 0.1) is 19.3 Å². The van der Waals surface area contributed by atoms with E-state index in [1.807, 2.05) is 12.1 Å². The zero-order chi connectivity index (χ0) is 19.9. The molecule has 3 aromatic rings. The van der Waals surface area contributed by atoms with Crippen LogP contribution in [0.2, 0.25) is 0 Å². The Hall–Kier alpha value is -2.80. The molecule has 0 spiro atoms. The van der Waals surface area contributed by atoms with E-state index in [0.29, 0.717) is 40.7 Å². The van der Waals surface area contributed by atoms with Gasteiger partial charge < -0.3 is 13.9 Å². The topological polar surface area (TPSA) is 74.5 Å². The molecule has 28 heavy (non-hydrogen) atoms. The van der Waals surface area contributed by atoms with Crippen molar-refractivity contribution in [1.82, 2.24) is 10.2 Å². The molecule has 0 saturated carbocycles. The van der Waals surface area contributed by atoms with Crippen LogP contribution in [0.5, 0.6) is 5.75 Å². The summed E-state index contributed by atoms with van der Waals surface area (Å²) in [5, 5.41) is 8.68. The first kappa shape index (κ1) is 19.9. The van der Waals surface area contributed by atoms with Crippen molar-refractivity contribution in [3.8, 4) is 17.2 Å². The van der Waals surface area contributed by atoms with Gasteiger partial charge in [0.15, 0.2) is 0 Å².